The van der Waals surface area contributed by atoms with Gasteiger partial charge in [0.25, 0.3) is 0 Å². The first-order valence-corrected chi connectivity index (χ1v) is 6.99. The molecule has 0 spiro atoms. The van der Waals surface area contributed by atoms with Crippen LogP contribution in [0.3, 0.4) is 0 Å². The predicted octanol–water partition coefficient (Wildman–Crippen LogP) is 2.79. The van der Waals surface area contributed by atoms with E-state index in [1.807, 2.05) is 0 Å². The van der Waals surface area contributed by atoms with E-state index in [1.54, 1.807) is 0 Å². The summed E-state index contributed by atoms with van der Waals surface area (Å²) in [7, 11) is 2.12. The van der Waals surface area contributed by atoms with Crippen molar-refractivity contribution in [3.8, 4) is 6.07 Å². The van der Waals surface area contributed by atoms with Gasteiger partial charge in [-0.3, -0.25) is 0 Å². The fourth-order valence-electron chi connectivity index (χ4n) is 2.44. The highest BCUT2D eigenvalue weighted by Crippen LogP contribution is 2.26. The molecule has 1 saturated heterocycles. The average molecular weight is 308 g/mol. The zero-order chi connectivity index (χ0) is 13.1. The van der Waals surface area contributed by atoms with Gasteiger partial charge in [-0.2, -0.15) is 5.26 Å². The number of hydrogen-bond donors (Lipinski definition) is 0. The lowest BCUT2D eigenvalue weighted by Crippen LogP contribution is -2.51. The van der Waals surface area contributed by atoms with E-state index in [4.69, 9.17) is 5.26 Å². The van der Waals surface area contributed by atoms with Gasteiger partial charge in [-0.05, 0) is 37.7 Å². The summed E-state index contributed by atoms with van der Waals surface area (Å²) in [5.74, 6) is 0. The second-order valence-electron chi connectivity index (χ2n) is 4.91. The van der Waals surface area contributed by atoms with E-state index in [2.05, 4.69) is 64.0 Å². The van der Waals surface area contributed by atoms with E-state index in [1.165, 1.54) is 11.3 Å². The van der Waals surface area contributed by atoms with Crippen LogP contribution >= 0.6 is 15.9 Å². The molecule has 2 rings (SSSR count). The summed E-state index contributed by atoms with van der Waals surface area (Å²) in [6.07, 6.45) is 0.583. The monoisotopic (exact) mass is 307 g/mol. The molecule has 0 saturated carbocycles. The summed E-state index contributed by atoms with van der Waals surface area (Å²) in [5.41, 5.74) is 2.46. The molecule has 3 nitrogen and oxygen atoms in total. The van der Waals surface area contributed by atoms with E-state index in [0.29, 0.717) is 12.5 Å². The molecule has 0 N–H and O–H groups in total. The number of piperazine rings is 1. The van der Waals surface area contributed by atoms with Crippen molar-refractivity contribution in [2.45, 2.75) is 19.4 Å². The van der Waals surface area contributed by atoms with Crippen LogP contribution in [0, 0.1) is 18.3 Å². The summed E-state index contributed by atoms with van der Waals surface area (Å²) in [5, 5.41) is 8.97. The number of benzene rings is 1. The van der Waals surface area contributed by atoms with Crippen molar-refractivity contribution in [2.24, 2.45) is 0 Å². The van der Waals surface area contributed by atoms with Gasteiger partial charge < -0.3 is 9.80 Å². The third kappa shape index (κ3) is 2.85. The Morgan fingerprint density at radius 1 is 1.44 bits per heavy atom. The van der Waals surface area contributed by atoms with Crippen LogP contribution in [0.4, 0.5) is 5.69 Å². The third-order valence-corrected chi connectivity index (χ3v) is 4.38. The molecule has 0 aliphatic carbocycles. The molecule has 18 heavy (non-hydrogen) atoms. The fraction of sp³-hybridized carbons (Fsp3) is 0.500. The quantitative estimate of drug-likeness (QED) is 0.841. The van der Waals surface area contributed by atoms with Crippen molar-refractivity contribution in [3.63, 3.8) is 0 Å². The molecule has 1 unspecified atom stereocenters. The fourth-order valence-corrected chi connectivity index (χ4v) is 2.68. The first-order chi connectivity index (χ1) is 8.61. The zero-order valence-corrected chi connectivity index (χ0v) is 12.4. The van der Waals surface area contributed by atoms with Crippen molar-refractivity contribution >= 4 is 21.6 Å². The SMILES string of the molecule is Cc1cc(N2CCN(C)CC2CC#N)ccc1Br. The van der Waals surface area contributed by atoms with Crippen LogP contribution in [-0.4, -0.2) is 37.6 Å². The van der Waals surface area contributed by atoms with Crippen molar-refractivity contribution in [1.29, 1.82) is 5.26 Å². The third-order valence-electron chi connectivity index (χ3n) is 3.49. The molecule has 96 valence electrons. The number of hydrogen-bond acceptors (Lipinski definition) is 3. The maximum absolute atomic E-state index is 8.97. The topological polar surface area (TPSA) is 30.3 Å². The first kappa shape index (κ1) is 13.4. The van der Waals surface area contributed by atoms with Crippen LogP contribution in [0.2, 0.25) is 0 Å². The normalized spacial score (nSPS) is 20.8. The smallest absolute Gasteiger partial charge is 0.0643 e. The average Bonchev–Trinajstić information content (AvgIpc) is 2.34. The Balaban J connectivity index is 2.24. The van der Waals surface area contributed by atoms with Crippen molar-refractivity contribution in [3.05, 3.63) is 28.2 Å². The Kier molecular flexibility index (Phi) is 4.26. The second kappa shape index (κ2) is 5.73. The number of halogens is 1. The van der Waals surface area contributed by atoms with Crippen molar-refractivity contribution in [1.82, 2.24) is 4.90 Å². The number of nitriles is 1. The van der Waals surface area contributed by atoms with Gasteiger partial charge in [-0.1, -0.05) is 15.9 Å². The number of aryl methyl sites for hydroxylation is 1. The molecule has 1 fully saturated rings. The van der Waals surface area contributed by atoms with Crippen LogP contribution in [-0.2, 0) is 0 Å². The second-order valence-corrected chi connectivity index (χ2v) is 5.76. The highest BCUT2D eigenvalue weighted by molar-refractivity contribution is 9.10. The lowest BCUT2D eigenvalue weighted by Gasteiger charge is -2.40. The van der Waals surface area contributed by atoms with Gasteiger partial charge in [0.2, 0.25) is 0 Å². The number of anilines is 1. The molecule has 1 aromatic rings. The molecule has 1 atom stereocenters. The maximum atomic E-state index is 8.97. The molecular weight excluding hydrogens is 290 g/mol. The summed E-state index contributed by atoms with van der Waals surface area (Å²) in [6.45, 7) is 5.10. The van der Waals surface area contributed by atoms with Gasteiger partial charge in [0.1, 0.15) is 0 Å². The van der Waals surface area contributed by atoms with E-state index < -0.39 is 0 Å². The largest absolute Gasteiger partial charge is 0.365 e. The molecule has 1 aliphatic rings. The minimum Gasteiger partial charge on any atom is -0.365 e. The van der Waals surface area contributed by atoms with Gasteiger partial charge in [0.15, 0.2) is 0 Å². The Morgan fingerprint density at radius 2 is 2.22 bits per heavy atom. The summed E-state index contributed by atoms with van der Waals surface area (Å²) in [6, 6.07) is 9.02. The number of rotatable bonds is 2. The van der Waals surface area contributed by atoms with E-state index in [0.717, 1.165) is 24.1 Å². The molecule has 1 aliphatic heterocycles. The highest BCUT2D eigenvalue weighted by Gasteiger charge is 2.25. The Bertz CT molecular complexity index is 467. The van der Waals surface area contributed by atoms with E-state index in [9.17, 15) is 0 Å². The molecule has 0 aromatic heterocycles. The molecular formula is C14H18BrN3. The standard InChI is InChI=1S/C14H18BrN3/c1-11-9-12(3-4-14(11)15)18-8-7-17(2)10-13(18)5-6-16/h3-4,9,13H,5,7-8,10H2,1-2H3. The lowest BCUT2D eigenvalue weighted by atomic mass is 10.1. The van der Waals surface area contributed by atoms with Crippen LogP contribution in [0.15, 0.2) is 22.7 Å². The number of nitrogens with zero attached hydrogens (tertiary/aromatic N) is 3. The van der Waals surface area contributed by atoms with Gasteiger partial charge >= 0.3 is 0 Å². The van der Waals surface area contributed by atoms with Crippen LogP contribution in [0.5, 0.6) is 0 Å². The van der Waals surface area contributed by atoms with Crippen LogP contribution in [0.1, 0.15) is 12.0 Å². The zero-order valence-electron chi connectivity index (χ0n) is 10.9. The predicted molar refractivity (Wildman–Crippen MR) is 77.7 cm³/mol. The Hall–Kier alpha value is -1.05. The van der Waals surface area contributed by atoms with Crippen LogP contribution < -0.4 is 4.90 Å². The van der Waals surface area contributed by atoms with Crippen LogP contribution in [0.25, 0.3) is 0 Å². The molecule has 1 heterocycles. The molecule has 1 aromatic carbocycles. The van der Waals surface area contributed by atoms with Gasteiger partial charge in [0, 0.05) is 29.8 Å². The number of likely N-dealkylation sites (N-methyl/N-ethyl adjacent to an activating group) is 1. The summed E-state index contributed by atoms with van der Waals surface area (Å²) < 4.78 is 1.14. The van der Waals surface area contributed by atoms with Gasteiger partial charge in [-0.25, -0.2) is 0 Å². The van der Waals surface area contributed by atoms with E-state index >= 15 is 0 Å². The van der Waals surface area contributed by atoms with Gasteiger partial charge in [0.05, 0.1) is 18.5 Å². The Labute approximate surface area is 117 Å². The van der Waals surface area contributed by atoms with Crippen molar-refractivity contribution < 1.29 is 0 Å². The maximum Gasteiger partial charge on any atom is 0.0643 e. The molecule has 4 heteroatoms. The van der Waals surface area contributed by atoms with Gasteiger partial charge in [-0.15, -0.1) is 0 Å². The molecule has 0 radical (unpaired) electrons. The van der Waals surface area contributed by atoms with E-state index in [-0.39, 0.29) is 0 Å². The minimum absolute atomic E-state index is 0.300. The highest BCUT2D eigenvalue weighted by atomic mass is 79.9. The first-order valence-electron chi connectivity index (χ1n) is 6.20. The molecule has 0 bridgehead atoms. The lowest BCUT2D eigenvalue weighted by molar-refractivity contribution is 0.268. The summed E-state index contributed by atoms with van der Waals surface area (Å²) in [4.78, 5) is 4.66. The Morgan fingerprint density at radius 3 is 2.89 bits per heavy atom. The molecule has 0 amide bonds. The summed E-state index contributed by atoms with van der Waals surface area (Å²) >= 11 is 3.53. The van der Waals surface area contributed by atoms with Crippen molar-refractivity contribution in [2.75, 3.05) is 31.6 Å². The minimum atomic E-state index is 0.300.